The van der Waals surface area contributed by atoms with Crippen LogP contribution in [-0.4, -0.2) is 11.5 Å². The van der Waals surface area contributed by atoms with E-state index in [1.54, 1.807) is 32.9 Å². The van der Waals surface area contributed by atoms with Crippen LogP contribution in [0.5, 0.6) is 11.5 Å². The molecule has 0 spiro atoms. The topological polar surface area (TPSA) is 55.8 Å². The fourth-order valence-electron chi connectivity index (χ4n) is 2.28. The van der Waals surface area contributed by atoms with E-state index in [9.17, 15) is 9.46 Å². The predicted molar refractivity (Wildman–Crippen MR) is 83.5 cm³/mol. The molecule has 0 aliphatic heterocycles. The Balaban J connectivity index is 2.36. The second-order valence-corrected chi connectivity index (χ2v) is 6.51. The van der Waals surface area contributed by atoms with Gasteiger partial charge in [-0.05, 0) is 56.2 Å². The number of aryl methyl sites for hydroxylation is 2. The van der Waals surface area contributed by atoms with Crippen LogP contribution in [-0.2, 0) is 9.09 Å². The molecular formula is C16H19O4P. The summed E-state index contributed by atoms with van der Waals surface area (Å²) in [4.78, 5) is 10.0. The van der Waals surface area contributed by atoms with Crippen LogP contribution in [0.25, 0.3) is 0 Å². The van der Waals surface area contributed by atoms with Gasteiger partial charge in [-0.3, -0.25) is 4.57 Å². The van der Waals surface area contributed by atoms with E-state index in [2.05, 4.69) is 0 Å². The smallest absolute Gasteiger partial charge is 0.359 e. The molecule has 4 nitrogen and oxygen atoms in total. The first-order valence-corrected chi connectivity index (χ1v) is 8.34. The third-order valence-electron chi connectivity index (χ3n) is 3.03. The van der Waals surface area contributed by atoms with Gasteiger partial charge in [-0.1, -0.05) is 18.2 Å². The standard InChI is InChI=1S/C16H19O4P/c1-4-19-21(17,18)16-12(2)10-15(11-13(16)3)20-14-8-6-5-7-9-14/h5-11H,4H2,1-3H3,(H,17,18). The van der Waals surface area contributed by atoms with Crippen molar-refractivity contribution in [2.24, 2.45) is 0 Å². The lowest BCUT2D eigenvalue weighted by atomic mass is 10.1. The zero-order valence-electron chi connectivity index (χ0n) is 12.4. The minimum Gasteiger partial charge on any atom is -0.457 e. The molecule has 1 N–H and O–H groups in total. The maximum Gasteiger partial charge on any atom is 0.359 e. The molecule has 1 atom stereocenters. The van der Waals surface area contributed by atoms with Crippen LogP contribution in [0, 0.1) is 13.8 Å². The number of hydrogen-bond donors (Lipinski definition) is 1. The molecule has 2 aromatic rings. The first kappa shape index (κ1) is 15.8. The molecule has 2 rings (SSSR count). The molecule has 21 heavy (non-hydrogen) atoms. The number of hydrogen-bond acceptors (Lipinski definition) is 3. The average Bonchev–Trinajstić information content (AvgIpc) is 2.38. The van der Waals surface area contributed by atoms with E-state index >= 15 is 0 Å². The molecule has 0 fully saturated rings. The lowest BCUT2D eigenvalue weighted by Crippen LogP contribution is -2.14. The van der Waals surface area contributed by atoms with Crippen molar-refractivity contribution in [3.63, 3.8) is 0 Å². The largest absolute Gasteiger partial charge is 0.457 e. The Morgan fingerprint density at radius 2 is 1.62 bits per heavy atom. The summed E-state index contributed by atoms with van der Waals surface area (Å²) >= 11 is 0. The van der Waals surface area contributed by atoms with Gasteiger partial charge in [-0.25, -0.2) is 0 Å². The molecule has 5 heteroatoms. The summed E-state index contributed by atoms with van der Waals surface area (Å²) in [6.07, 6.45) is 0. The Hall–Kier alpha value is -1.61. The van der Waals surface area contributed by atoms with Gasteiger partial charge in [-0.15, -0.1) is 0 Å². The zero-order valence-corrected chi connectivity index (χ0v) is 13.3. The monoisotopic (exact) mass is 306 g/mol. The zero-order chi connectivity index (χ0) is 15.5. The Bertz CT molecular complexity index is 644. The predicted octanol–water partition coefficient (Wildman–Crippen LogP) is 3.94. The van der Waals surface area contributed by atoms with Gasteiger partial charge < -0.3 is 14.2 Å². The maximum atomic E-state index is 12.2. The summed E-state index contributed by atoms with van der Waals surface area (Å²) in [5.74, 6) is 1.36. The second kappa shape index (κ2) is 6.44. The van der Waals surface area contributed by atoms with Gasteiger partial charge in [0.15, 0.2) is 0 Å². The number of para-hydroxylation sites is 1. The van der Waals surface area contributed by atoms with Crippen molar-refractivity contribution in [3.05, 3.63) is 53.6 Å². The Labute approximate surface area is 124 Å². The number of rotatable bonds is 5. The van der Waals surface area contributed by atoms with Crippen molar-refractivity contribution >= 4 is 12.9 Å². The van der Waals surface area contributed by atoms with E-state index in [0.29, 0.717) is 22.2 Å². The van der Waals surface area contributed by atoms with Gasteiger partial charge in [0.25, 0.3) is 0 Å². The molecule has 0 aliphatic rings. The summed E-state index contributed by atoms with van der Waals surface area (Å²) in [6.45, 7) is 5.44. The van der Waals surface area contributed by atoms with Crippen molar-refractivity contribution in [3.8, 4) is 11.5 Å². The maximum absolute atomic E-state index is 12.2. The Kier molecular flexibility index (Phi) is 4.84. The Morgan fingerprint density at radius 3 is 2.14 bits per heavy atom. The number of ether oxygens (including phenoxy) is 1. The summed E-state index contributed by atoms with van der Waals surface area (Å²) in [7, 11) is -3.78. The summed E-state index contributed by atoms with van der Waals surface area (Å²) < 4.78 is 23.0. The molecule has 0 amide bonds. The van der Waals surface area contributed by atoms with Crippen LogP contribution in [0.2, 0.25) is 0 Å². The molecule has 0 saturated heterocycles. The fraction of sp³-hybridized carbons (Fsp3) is 0.250. The molecule has 0 heterocycles. The molecule has 0 bridgehead atoms. The molecule has 0 radical (unpaired) electrons. The summed E-state index contributed by atoms with van der Waals surface area (Å²) in [6, 6.07) is 12.9. The molecule has 2 aromatic carbocycles. The van der Waals surface area contributed by atoms with Crippen molar-refractivity contribution in [1.82, 2.24) is 0 Å². The van der Waals surface area contributed by atoms with Gasteiger partial charge in [0.1, 0.15) is 11.5 Å². The van der Waals surface area contributed by atoms with Gasteiger partial charge >= 0.3 is 7.60 Å². The fourth-order valence-corrected chi connectivity index (χ4v) is 3.78. The van der Waals surface area contributed by atoms with Crippen LogP contribution in [0.3, 0.4) is 0 Å². The van der Waals surface area contributed by atoms with Crippen LogP contribution in [0.15, 0.2) is 42.5 Å². The molecule has 0 aromatic heterocycles. The minimum atomic E-state index is -3.78. The van der Waals surface area contributed by atoms with E-state index in [1.165, 1.54) is 0 Å². The quantitative estimate of drug-likeness (QED) is 0.850. The SMILES string of the molecule is CCOP(=O)(O)c1c(C)cc(Oc2ccccc2)cc1C. The van der Waals surface area contributed by atoms with E-state index in [0.717, 1.165) is 5.75 Å². The molecule has 0 aliphatic carbocycles. The van der Waals surface area contributed by atoms with E-state index in [4.69, 9.17) is 9.26 Å². The lowest BCUT2D eigenvalue weighted by molar-refractivity contribution is 0.284. The first-order chi connectivity index (χ1) is 9.94. The highest BCUT2D eigenvalue weighted by atomic mass is 31.2. The van der Waals surface area contributed by atoms with Gasteiger partial charge in [0.2, 0.25) is 0 Å². The third kappa shape index (κ3) is 3.73. The normalized spacial score (nSPS) is 13.7. The molecule has 1 unspecified atom stereocenters. The van der Waals surface area contributed by atoms with Crippen LogP contribution in [0.1, 0.15) is 18.1 Å². The highest BCUT2D eigenvalue weighted by molar-refractivity contribution is 7.61. The van der Waals surface area contributed by atoms with Crippen molar-refractivity contribution in [2.75, 3.05) is 6.61 Å². The van der Waals surface area contributed by atoms with Crippen molar-refractivity contribution < 1.29 is 18.7 Å². The van der Waals surface area contributed by atoms with E-state index in [-0.39, 0.29) is 6.61 Å². The van der Waals surface area contributed by atoms with E-state index in [1.807, 2.05) is 30.3 Å². The van der Waals surface area contributed by atoms with Crippen LogP contribution >= 0.6 is 7.60 Å². The minimum absolute atomic E-state index is 0.189. The second-order valence-electron chi connectivity index (χ2n) is 4.76. The summed E-state index contributed by atoms with van der Waals surface area (Å²) in [5, 5.41) is 0.352. The summed E-state index contributed by atoms with van der Waals surface area (Å²) in [5.41, 5.74) is 1.36. The highest BCUT2D eigenvalue weighted by Crippen LogP contribution is 2.43. The van der Waals surface area contributed by atoms with Gasteiger partial charge in [0.05, 0.1) is 11.9 Å². The van der Waals surface area contributed by atoms with Crippen molar-refractivity contribution in [1.29, 1.82) is 0 Å². The lowest BCUT2D eigenvalue weighted by Gasteiger charge is -2.17. The molecular weight excluding hydrogens is 287 g/mol. The Morgan fingerprint density at radius 1 is 1.05 bits per heavy atom. The molecule has 112 valence electrons. The van der Waals surface area contributed by atoms with E-state index < -0.39 is 7.60 Å². The first-order valence-electron chi connectivity index (χ1n) is 6.76. The van der Waals surface area contributed by atoms with Crippen molar-refractivity contribution in [2.45, 2.75) is 20.8 Å². The highest BCUT2D eigenvalue weighted by Gasteiger charge is 2.27. The number of benzene rings is 2. The van der Waals surface area contributed by atoms with Gasteiger partial charge in [0, 0.05) is 0 Å². The van der Waals surface area contributed by atoms with Crippen LogP contribution in [0.4, 0.5) is 0 Å². The third-order valence-corrected chi connectivity index (χ3v) is 4.91. The average molecular weight is 306 g/mol. The van der Waals surface area contributed by atoms with Crippen LogP contribution < -0.4 is 10.0 Å². The van der Waals surface area contributed by atoms with Gasteiger partial charge in [-0.2, -0.15) is 0 Å². The molecule has 0 saturated carbocycles.